The molecular weight excluding hydrogens is 500 g/mol. The number of fused-ring (bicyclic) bond motifs is 2. The zero-order valence-electron chi connectivity index (χ0n) is 22.8. The summed E-state index contributed by atoms with van der Waals surface area (Å²) in [5.41, 5.74) is 9.70. The van der Waals surface area contributed by atoms with E-state index in [2.05, 4.69) is 62.0 Å². The minimum atomic E-state index is -0.271. The molecule has 8 heteroatoms. The van der Waals surface area contributed by atoms with Gasteiger partial charge in [-0.3, -0.25) is 9.78 Å². The average Bonchev–Trinajstić information content (AvgIpc) is 3.63. The molecule has 0 bridgehead atoms. The van der Waals surface area contributed by atoms with Gasteiger partial charge in [0.05, 0.1) is 23.3 Å². The molecule has 5 aromatic rings. The van der Waals surface area contributed by atoms with E-state index >= 15 is 0 Å². The van der Waals surface area contributed by atoms with E-state index in [4.69, 9.17) is 9.40 Å². The number of amides is 1. The second kappa shape index (κ2) is 11.8. The first-order valence-electron chi connectivity index (χ1n) is 14.1. The number of nitrogens with zero attached hydrogens (tertiary/aromatic N) is 3. The van der Waals surface area contributed by atoms with E-state index in [-0.39, 0.29) is 11.6 Å². The van der Waals surface area contributed by atoms with E-state index in [0.29, 0.717) is 25.4 Å². The summed E-state index contributed by atoms with van der Waals surface area (Å²) in [5, 5.41) is 6.27. The molecule has 0 saturated carbocycles. The van der Waals surface area contributed by atoms with Crippen LogP contribution < -0.4 is 10.6 Å². The Bertz CT molecular complexity index is 1640. The Labute approximate surface area is 233 Å². The van der Waals surface area contributed by atoms with Gasteiger partial charge in [-0.2, -0.15) is 0 Å². The number of H-pyrrole nitrogens is 1. The molecule has 3 aromatic heterocycles. The highest BCUT2D eigenvalue weighted by Gasteiger charge is 2.13. The average molecular weight is 535 g/mol. The molecule has 0 fully saturated rings. The standard InChI is InChI=1S/C32H34N6O2/c1-21-5-4-14-34-28(21)19-35-32(39)29-20-40-31(38-29)13-16-33-15-12-30-36-26-11-10-25(18-27(26)37-30)24-9-8-22-6-2-3-7-23(22)17-24/h4-5,8-11,14,17-18,20,33H,2-3,6-7,12-13,15-16,19H2,1H3,(H,35,39)(H,36,37). The largest absolute Gasteiger partial charge is 0.448 e. The van der Waals surface area contributed by atoms with Crippen molar-refractivity contribution in [1.82, 2.24) is 30.6 Å². The highest BCUT2D eigenvalue weighted by Crippen LogP contribution is 2.29. The molecule has 2 aromatic carbocycles. The Hall–Kier alpha value is -4.30. The van der Waals surface area contributed by atoms with Crippen molar-refractivity contribution in [2.24, 2.45) is 0 Å². The molecule has 8 nitrogen and oxygen atoms in total. The zero-order chi connectivity index (χ0) is 27.3. The van der Waals surface area contributed by atoms with Crippen LogP contribution in [0.4, 0.5) is 0 Å². The number of carbonyl (C=O) groups excluding carboxylic acids is 1. The van der Waals surface area contributed by atoms with Crippen LogP contribution in [0.25, 0.3) is 22.2 Å². The number of hydrogen-bond donors (Lipinski definition) is 3. The number of aromatic nitrogens is 4. The molecule has 3 N–H and O–H groups in total. The van der Waals surface area contributed by atoms with Crippen LogP contribution in [0.2, 0.25) is 0 Å². The number of aromatic amines is 1. The molecule has 0 spiro atoms. The fourth-order valence-electron chi connectivity index (χ4n) is 5.29. The summed E-state index contributed by atoms with van der Waals surface area (Å²) >= 11 is 0. The molecule has 1 aliphatic rings. The van der Waals surface area contributed by atoms with Crippen LogP contribution in [0.15, 0.2) is 65.4 Å². The number of nitrogens with one attached hydrogen (secondary N) is 3. The van der Waals surface area contributed by atoms with E-state index in [9.17, 15) is 4.79 Å². The minimum absolute atomic E-state index is 0.271. The summed E-state index contributed by atoms with van der Waals surface area (Å²) in [6.45, 7) is 3.79. The van der Waals surface area contributed by atoms with Crippen LogP contribution in [0, 0.1) is 6.92 Å². The van der Waals surface area contributed by atoms with Crippen molar-refractivity contribution in [2.75, 3.05) is 13.1 Å². The molecule has 204 valence electrons. The third-order valence-electron chi connectivity index (χ3n) is 7.59. The van der Waals surface area contributed by atoms with Gasteiger partial charge in [-0.1, -0.05) is 30.3 Å². The molecule has 1 amide bonds. The predicted molar refractivity (Wildman–Crippen MR) is 155 cm³/mol. The summed E-state index contributed by atoms with van der Waals surface area (Å²) in [7, 11) is 0. The van der Waals surface area contributed by atoms with E-state index in [1.165, 1.54) is 54.2 Å². The van der Waals surface area contributed by atoms with Crippen LogP contribution in [-0.2, 0) is 32.2 Å². The van der Waals surface area contributed by atoms with Crippen molar-refractivity contribution in [3.05, 3.63) is 101 Å². The first-order valence-corrected chi connectivity index (χ1v) is 14.1. The van der Waals surface area contributed by atoms with Gasteiger partial charge in [0.25, 0.3) is 5.91 Å². The third-order valence-corrected chi connectivity index (χ3v) is 7.59. The summed E-state index contributed by atoms with van der Waals surface area (Å²) in [6.07, 6.45) is 9.49. The Kier molecular flexibility index (Phi) is 7.68. The van der Waals surface area contributed by atoms with Crippen molar-refractivity contribution < 1.29 is 9.21 Å². The van der Waals surface area contributed by atoms with Crippen LogP contribution >= 0.6 is 0 Å². The monoisotopic (exact) mass is 534 g/mol. The Morgan fingerprint density at radius 3 is 2.70 bits per heavy atom. The first-order chi connectivity index (χ1) is 19.6. The number of oxazole rings is 1. The summed E-state index contributed by atoms with van der Waals surface area (Å²) in [5.74, 6) is 1.22. The summed E-state index contributed by atoms with van der Waals surface area (Å²) < 4.78 is 5.50. The van der Waals surface area contributed by atoms with Crippen LogP contribution in [0.3, 0.4) is 0 Å². The van der Waals surface area contributed by atoms with Crippen molar-refractivity contribution >= 4 is 16.9 Å². The lowest BCUT2D eigenvalue weighted by atomic mass is 9.89. The van der Waals surface area contributed by atoms with Gasteiger partial charge < -0.3 is 20.0 Å². The van der Waals surface area contributed by atoms with Crippen molar-refractivity contribution in [3.8, 4) is 11.1 Å². The zero-order valence-corrected chi connectivity index (χ0v) is 22.8. The molecule has 0 radical (unpaired) electrons. The minimum Gasteiger partial charge on any atom is -0.448 e. The maximum atomic E-state index is 12.4. The van der Waals surface area contributed by atoms with E-state index in [1.807, 2.05) is 19.1 Å². The topological polar surface area (TPSA) is 109 Å². The quantitative estimate of drug-likeness (QED) is 0.215. The van der Waals surface area contributed by atoms with Crippen molar-refractivity contribution in [1.29, 1.82) is 0 Å². The molecule has 0 aliphatic heterocycles. The number of carbonyl (C=O) groups is 1. The number of aryl methyl sites for hydroxylation is 3. The third kappa shape index (κ3) is 5.97. The summed E-state index contributed by atoms with van der Waals surface area (Å²) in [6, 6.07) is 17.2. The fraction of sp³-hybridized carbons (Fsp3) is 0.312. The molecule has 0 saturated heterocycles. The highest BCUT2D eigenvalue weighted by atomic mass is 16.3. The van der Waals surface area contributed by atoms with Gasteiger partial charge in [-0.05, 0) is 78.6 Å². The molecule has 0 unspecified atom stereocenters. The molecule has 1 aliphatic carbocycles. The van der Waals surface area contributed by atoms with Gasteiger partial charge in [0.1, 0.15) is 12.1 Å². The molecule has 0 atom stereocenters. The Balaban J connectivity index is 0.969. The van der Waals surface area contributed by atoms with Gasteiger partial charge in [0, 0.05) is 32.1 Å². The Morgan fingerprint density at radius 1 is 0.975 bits per heavy atom. The molecule has 40 heavy (non-hydrogen) atoms. The second-order valence-electron chi connectivity index (χ2n) is 10.4. The smallest absolute Gasteiger partial charge is 0.273 e. The Morgan fingerprint density at radius 2 is 1.80 bits per heavy atom. The highest BCUT2D eigenvalue weighted by molar-refractivity contribution is 5.91. The number of pyridine rings is 1. The van der Waals surface area contributed by atoms with Crippen LogP contribution in [0.5, 0.6) is 0 Å². The van der Waals surface area contributed by atoms with E-state index in [0.717, 1.165) is 41.1 Å². The molecule has 3 heterocycles. The summed E-state index contributed by atoms with van der Waals surface area (Å²) in [4.78, 5) is 29.3. The first kappa shape index (κ1) is 26.0. The van der Waals surface area contributed by atoms with Gasteiger partial charge in [-0.15, -0.1) is 0 Å². The van der Waals surface area contributed by atoms with Crippen molar-refractivity contribution in [2.45, 2.75) is 52.0 Å². The van der Waals surface area contributed by atoms with Gasteiger partial charge in [0.15, 0.2) is 11.6 Å². The van der Waals surface area contributed by atoms with Crippen LogP contribution in [-0.4, -0.2) is 38.9 Å². The predicted octanol–water partition coefficient (Wildman–Crippen LogP) is 5.10. The van der Waals surface area contributed by atoms with Crippen LogP contribution in [0.1, 0.15) is 57.4 Å². The fourth-order valence-corrected chi connectivity index (χ4v) is 5.29. The van der Waals surface area contributed by atoms with Gasteiger partial charge in [0.2, 0.25) is 0 Å². The number of imidazole rings is 1. The SMILES string of the molecule is Cc1cccnc1CNC(=O)c1coc(CCNCCc2nc3ccc(-c4ccc5c(c4)CCCC5)cc3[nH]2)n1. The normalized spacial score (nSPS) is 12.9. The van der Waals surface area contributed by atoms with E-state index in [1.54, 1.807) is 6.20 Å². The number of rotatable bonds is 10. The van der Waals surface area contributed by atoms with Gasteiger partial charge in [-0.25, -0.2) is 9.97 Å². The lowest BCUT2D eigenvalue weighted by molar-refractivity contribution is 0.0945. The van der Waals surface area contributed by atoms with Crippen molar-refractivity contribution in [3.63, 3.8) is 0 Å². The number of hydrogen-bond acceptors (Lipinski definition) is 6. The van der Waals surface area contributed by atoms with Gasteiger partial charge >= 0.3 is 0 Å². The number of benzene rings is 2. The lowest BCUT2D eigenvalue weighted by Crippen LogP contribution is -2.24. The van der Waals surface area contributed by atoms with E-state index < -0.39 is 0 Å². The lowest BCUT2D eigenvalue weighted by Gasteiger charge is -2.16. The maximum absolute atomic E-state index is 12.4. The second-order valence-corrected chi connectivity index (χ2v) is 10.4. The molecule has 6 rings (SSSR count). The maximum Gasteiger partial charge on any atom is 0.273 e. The molecular formula is C32H34N6O2.